The van der Waals surface area contributed by atoms with Crippen LogP contribution in [-0.4, -0.2) is 114 Å². The fraction of sp³-hybridized carbons (Fsp3) is 0.528. The van der Waals surface area contributed by atoms with Crippen LogP contribution in [0.2, 0.25) is 0 Å². The van der Waals surface area contributed by atoms with Crippen LogP contribution in [-0.2, 0) is 41.9 Å². The highest BCUT2D eigenvalue weighted by Gasteiger charge is 2.45. The minimum atomic E-state index is -3.09. The number of nitrogens with zero attached hydrogens (tertiary/aromatic N) is 6. The maximum absolute atomic E-state index is 14.5. The molecule has 1 fully saturated rings. The molecule has 18 nitrogen and oxygen atoms in total. The number of nitrogens with one attached hydrogen (secondary N) is 5. The summed E-state index contributed by atoms with van der Waals surface area (Å²) in [5.41, 5.74) is 0.807. The van der Waals surface area contributed by atoms with Crippen LogP contribution in [0.15, 0.2) is 48.9 Å². The van der Waals surface area contributed by atoms with Crippen molar-refractivity contribution in [2.75, 3.05) is 6.54 Å². The number of carbonyl (C=O) groups is 6. The molecule has 302 valence electrons. The zero-order valence-electron chi connectivity index (χ0n) is 31.5. The third kappa shape index (κ3) is 12.4. The maximum atomic E-state index is 14.5. The van der Waals surface area contributed by atoms with Crippen molar-refractivity contribution in [2.45, 2.75) is 103 Å². The molecule has 0 unspecified atom stereocenters. The Morgan fingerprint density at radius 1 is 0.982 bits per heavy atom. The predicted molar refractivity (Wildman–Crippen MR) is 193 cm³/mol. The van der Waals surface area contributed by atoms with Crippen molar-refractivity contribution in [3.8, 4) is 0 Å². The molecule has 3 aromatic rings. The van der Waals surface area contributed by atoms with Gasteiger partial charge in [0.15, 0.2) is 5.82 Å². The Hall–Kier alpha value is -5.79. The number of H-pyrrole nitrogens is 1. The Morgan fingerprint density at radius 3 is 2.36 bits per heavy atom. The summed E-state index contributed by atoms with van der Waals surface area (Å²) in [5, 5.41) is 22.7. The van der Waals surface area contributed by atoms with Gasteiger partial charge in [0, 0.05) is 31.8 Å². The Labute approximate surface area is 321 Å². The molecule has 5 N–H and O–H groups in total. The molecule has 1 aromatic carbocycles. The number of carbonyl (C=O) groups excluding carboxylic acids is 6. The number of benzene rings is 1. The van der Waals surface area contributed by atoms with Crippen LogP contribution >= 0.6 is 0 Å². The van der Waals surface area contributed by atoms with Crippen LogP contribution in [0.5, 0.6) is 0 Å². The molecule has 1 aliphatic rings. The number of aromatic amines is 1. The first kappa shape index (κ1) is 42.9. The standard InChI is InChI=1S/C36H47F2N11O7/c1-5-21(4)30(44-32(51)25(13-20(2)3)43-33(52)26-16-39-11-12-40-26)36(55)49-18-23(56-19-22-9-7-6-8-10-22)14-27(49)34(53)42-24(15-28(37)38)31(50)35(54)41-17-29-45-47-48-46-29/h6-12,16,20-21,23-25,27-28,30H,5,13-15,17-19H2,1-4H3,(H,41,54)(H,42,53)(H,43,52)(H,44,51)(H,45,46,47,48)/t21-,23+,24-,25-,27-,30-/m0/s1. The molecule has 0 bridgehead atoms. The Kier molecular flexibility index (Phi) is 15.9. The van der Waals surface area contributed by atoms with Crippen molar-refractivity contribution in [3.63, 3.8) is 0 Å². The lowest BCUT2D eigenvalue weighted by Crippen LogP contribution is -2.59. The predicted octanol–water partition coefficient (Wildman–Crippen LogP) is 0.877. The molecule has 4 rings (SSSR count). The number of ketones is 1. The fourth-order valence-corrected chi connectivity index (χ4v) is 6.01. The van der Waals surface area contributed by atoms with Crippen LogP contribution < -0.4 is 21.3 Å². The molecular formula is C36H47F2N11O7. The van der Waals surface area contributed by atoms with E-state index in [4.69, 9.17) is 4.74 Å². The molecule has 5 amide bonds. The summed E-state index contributed by atoms with van der Waals surface area (Å²) in [6.45, 7) is 6.93. The number of aromatic nitrogens is 6. The molecule has 0 spiro atoms. The average Bonchev–Trinajstić information content (AvgIpc) is 3.88. The average molecular weight is 784 g/mol. The Balaban J connectivity index is 1.57. The van der Waals surface area contributed by atoms with E-state index in [1.807, 2.05) is 51.1 Å². The van der Waals surface area contributed by atoms with Crippen LogP contribution in [0.3, 0.4) is 0 Å². The smallest absolute Gasteiger partial charge is 0.289 e. The number of hydrogen-bond acceptors (Lipinski definition) is 12. The molecule has 20 heteroatoms. The zero-order chi connectivity index (χ0) is 40.8. The van der Waals surface area contributed by atoms with Gasteiger partial charge < -0.3 is 30.9 Å². The normalized spacial score (nSPS) is 17.5. The van der Waals surface area contributed by atoms with Gasteiger partial charge in [0.25, 0.3) is 11.8 Å². The van der Waals surface area contributed by atoms with Gasteiger partial charge in [-0.15, -0.1) is 10.2 Å². The number of likely N-dealkylation sites (tertiary alicyclic amines) is 1. The number of amides is 5. The molecule has 0 saturated carbocycles. The number of halogens is 2. The third-order valence-corrected chi connectivity index (χ3v) is 9.15. The summed E-state index contributed by atoms with van der Waals surface area (Å²) >= 11 is 0. The van der Waals surface area contributed by atoms with Gasteiger partial charge in [-0.1, -0.05) is 69.7 Å². The Bertz CT molecular complexity index is 1770. The molecule has 56 heavy (non-hydrogen) atoms. The zero-order valence-corrected chi connectivity index (χ0v) is 31.5. The van der Waals surface area contributed by atoms with Gasteiger partial charge in [-0.2, -0.15) is 5.21 Å². The minimum absolute atomic E-state index is 0.0100. The number of rotatable bonds is 20. The maximum Gasteiger partial charge on any atom is 0.289 e. The van der Waals surface area contributed by atoms with Crippen molar-refractivity contribution >= 4 is 35.3 Å². The first-order valence-corrected chi connectivity index (χ1v) is 18.2. The summed E-state index contributed by atoms with van der Waals surface area (Å²) in [6.07, 6.45) is -0.459. The summed E-state index contributed by atoms with van der Waals surface area (Å²) in [7, 11) is 0. The van der Waals surface area contributed by atoms with Crippen LogP contribution in [0.4, 0.5) is 8.78 Å². The number of ether oxygens (including phenoxy) is 1. The molecule has 6 atom stereocenters. The van der Waals surface area contributed by atoms with Crippen molar-refractivity contribution in [2.24, 2.45) is 11.8 Å². The van der Waals surface area contributed by atoms with Gasteiger partial charge in [0.2, 0.25) is 29.9 Å². The van der Waals surface area contributed by atoms with E-state index in [1.165, 1.54) is 23.5 Å². The second kappa shape index (κ2) is 20.8. The highest BCUT2D eigenvalue weighted by atomic mass is 19.3. The van der Waals surface area contributed by atoms with Crippen LogP contribution in [0.1, 0.15) is 75.3 Å². The van der Waals surface area contributed by atoms with Gasteiger partial charge in [-0.25, -0.2) is 13.8 Å². The highest BCUT2D eigenvalue weighted by Crippen LogP contribution is 2.25. The molecule has 3 heterocycles. The second-order valence-electron chi connectivity index (χ2n) is 13.8. The summed E-state index contributed by atoms with van der Waals surface area (Å²) in [4.78, 5) is 90.1. The summed E-state index contributed by atoms with van der Waals surface area (Å²) in [6, 6.07) is 3.57. The van der Waals surface area contributed by atoms with Crippen molar-refractivity contribution < 1.29 is 42.3 Å². The lowest BCUT2D eigenvalue weighted by molar-refractivity contribution is -0.144. The third-order valence-electron chi connectivity index (χ3n) is 9.15. The van der Waals surface area contributed by atoms with E-state index in [1.54, 1.807) is 6.92 Å². The van der Waals surface area contributed by atoms with E-state index < -0.39 is 84.4 Å². The van der Waals surface area contributed by atoms with Crippen LogP contribution in [0, 0.1) is 11.8 Å². The SMILES string of the molecule is CC[C@H](C)[C@H](NC(=O)[C@H](CC(C)C)NC(=O)c1cnccn1)C(=O)N1C[C@H](OCc2ccccc2)C[C@H]1C(=O)N[C@@H](CC(F)F)C(=O)C(=O)NCc1nn[nH]n1. The number of Topliss-reactive ketones (excluding diaryl/α,β-unsaturated/α-hetero) is 1. The highest BCUT2D eigenvalue weighted by molar-refractivity contribution is 6.38. The summed E-state index contributed by atoms with van der Waals surface area (Å²) < 4.78 is 33.5. The number of alkyl halides is 2. The molecule has 0 radical (unpaired) electrons. The number of tetrazole rings is 1. The fourth-order valence-electron chi connectivity index (χ4n) is 6.01. The number of hydrogen-bond donors (Lipinski definition) is 5. The van der Waals surface area contributed by atoms with E-state index >= 15 is 0 Å². The van der Waals surface area contributed by atoms with Gasteiger partial charge in [0.1, 0.15) is 29.9 Å². The molecule has 0 aliphatic carbocycles. The van der Waals surface area contributed by atoms with Gasteiger partial charge in [0.05, 0.1) is 25.5 Å². The quantitative estimate of drug-likeness (QED) is 0.100. The largest absolute Gasteiger partial charge is 0.372 e. The van der Waals surface area contributed by atoms with Gasteiger partial charge in [-0.3, -0.25) is 33.8 Å². The van der Waals surface area contributed by atoms with E-state index in [-0.39, 0.29) is 50.0 Å². The molecule has 2 aromatic heterocycles. The molecule has 1 aliphatic heterocycles. The minimum Gasteiger partial charge on any atom is -0.372 e. The molecular weight excluding hydrogens is 736 g/mol. The topological polar surface area (TPSA) is 243 Å². The Morgan fingerprint density at radius 2 is 1.73 bits per heavy atom. The molecule has 1 saturated heterocycles. The van der Waals surface area contributed by atoms with E-state index in [9.17, 15) is 37.5 Å². The van der Waals surface area contributed by atoms with Crippen molar-refractivity contribution in [1.29, 1.82) is 0 Å². The first-order valence-electron chi connectivity index (χ1n) is 18.2. The second-order valence-corrected chi connectivity index (χ2v) is 13.8. The summed E-state index contributed by atoms with van der Waals surface area (Å²) in [5.74, 6) is -6.07. The van der Waals surface area contributed by atoms with E-state index in [2.05, 4.69) is 51.9 Å². The van der Waals surface area contributed by atoms with Gasteiger partial charge >= 0.3 is 0 Å². The van der Waals surface area contributed by atoms with Crippen molar-refractivity contribution in [1.82, 2.24) is 56.8 Å². The monoisotopic (exact) mass is 783 g/mol. The lowest BCUT2D eigenvalue weighted by atomic mass is 9.96. The van der Waals surface area contributed by atoms with E-state index in [0.717, 1.165) is 5.56 Å². The van der Waals surface area contributed by atoms with Crippen LogP contribution in [0.25, 0.3) is 0 Å². The van der Waals surface area contributed by atoms with E-state index in [0.29, 0.717) is 6.42 Å². The lowest BCUT2D eigenvalue weighted by Gasteiger charge is -2.33. The van der Waals surface area contributed by atoms with Gasteiger partial charge in [-0.05, 0) is 23.8 Å². The first-order chi connectivity index (χ1) is 26.8. The van der Waals surface area contributed by atoms with Crippen molar-refractivity contribution in [3.05, 3.63) is 66.0 Å².